The summed E-state index contributed by atoms with van der Waals surface area (Å²) in [7, 11) is 0. The molecule has 1 N–H and O–H groups in total. The van der Waals surface area contributed by atoms with Crippen molar-refractivity contribution >= 4 is 11.3 Å². The topological polar surface area (TPSA) is 47.0 Å². The third-order valence-electron chi connectivity index (χ3n) is 2.42. The van der Waals surface area contributed by atoms with Crippen molar-refractivity contribution in [1.29, 1.82) is 0 Å². The van der Waals surface area contributed by atoms with Crippen LogP contribution in [0.15, 0.2) is 0 Å². The average Bonchev–Trinajstić information content (AvgIpc) is 2.85. The molecule has 0 amide bonds. The minimum absolute atomic E-state index is 0.482. The molecule has 1 aromatic heterocycles. The van der Waals surface area contributed by atoms with Crippen molar-refractivity contribution < 1.29 is 4.74 Å². The van der Waals surface area contributed by atoms with Gasteiger partial charge in [0.1, 0.15) is 10.0 Å². The first-order chi connectivity index (χ1) is 7.25. The molecule has 0 aliphatic carbocycles. The first-order valence-corrected chi connectivity index (χ1v) is 6.20. The molecule has 2 rings (SSSR count). The van der Waals surface area contributed by atoms with Gasteiger partial charge < -0.3 is 10.1 Å². The number of rotatable bonds is 4. The molecule has 1 aliphatic rings. The number of hydrogen-bond donors (Lipinski definition) is 1. The lowest BCUT2D eigenvalue weighted by Crippen LogP contribution is -2.21. The van der Waals surface area contributed by atoms with Gasteiger partial charge in [-0.3, -0.25) is 0 Å². The number of nitrogens with zero attached hydrogens (tertiary/aromatic N) is 2. The fourth-order valence-electron chi connectivity index (χ4n) is 1.52. The zero-order chi connectivity index (χ0) is 10.7. The highest BCUT2D eigenvalue weighted by molar-refractivity contribution is 7.11. The molecule has 0 saturated carbocycles. The van der Waals surface area contributed by atoms with Crippen molar-refractivity contribution in [3.8, 4) is 0 Å². The average molecular weight is 227 g/mol. The summed E-state index contributed by atoms with van der Waals surface area (Å²) in [6, 6.07) is 0.493. The Morgan fingerprint density at radius 1 is 1.53 bits per heavy atom. The Labute approximate surface area is 94.1 Å². The van der Waals surface area contributed by atoms with Gasteiger partial charge in [0, 0.05) is 25.1 Å². The van der Waals surface area contributed by atoms with Gasteiger partial charge in [-0.2, -0.15) is 0 Å². The molecular weight excluding hydrogens is 210 g/mol. The Bertz CT molecular complexity index is 307. The van der Waals surface area contributed by atoms with Crippen LogP contribution in [0.2, 0.25) is 0 Å². The summed E-state index contributed by atoms with van der Waals surface area (Å²) in [5.41, 5.74) is 0. The van der Waals surface area contributed by atoms with Crippen molar-refractivity contribution in [2.24, 2.45) is 0 Å². The van der Waals surface area contributed by atoms with E-state index in [1.807, 2.05) is 0 Å². The lowest BCUT2D eigenvalue weighted by atomic mass is 10.1. The highest BCUT2D eigenvalue weighted by Crippen LogP contribution is 2.27. The zero-order valence-electron chi connectivity index (χ0n) is 9.19. The molecule has 2 heterocycles. The van der Waals surface area contributed by atoms with E-state index in [4.69, 9.17) is 4.74 Å². The highest BCUT2D eigenvalue weighted by Gasteiger charge is 2.21. The standard InChI is InChI=1S/C10H17N3OS/c1-7(2)11-5-9-12-13-10(15-9)8-3-4-14-6-8/h7-8,11H,3-6H2,1-2H3. The number of aromatic nitrogens is 2. The van der Waals surface area contributed by atoms with E-state index in [0.717, 1.165) is 36.2 Å². The second-order valence-electron chi connectivity index (χ2n) is 4.13. The maximum atomic E-state index is 5.34. The van der Waals surface area contributed by atoms with Crippen LogP contribution in [0, 0.1) is 0 Å². The van der Waals surface area contributed by atoms with Crippen LogP contribution in [0.4, 0.5) is 0 Å². The highest BCUT2D eigenvalue weighted by atomic mass is 32.1. The van der Waals surface area contributed by atoms with E-state index in [0.29, 0.717) is 12.0 Å². The smallest absolute Gasteiger partial charge is 0.131 e. The Hall–Kier alpha value is -0.520. The Morgan fingerprint density at radius 2 is 2.40 bits per heavy atom. The fraction of sp³-hybridized carbons (Fsp3) is 0.800. The SMILES string of the molecule is CC(C)NCc1nnc(C2CCOC2)s1. The van der Waals surface area contributed by atoms with Crippen LogP contribution in [0.1, 0.15) is 36.2 Å². The van der Waals surface area contributed by atoms with Crippen molar-refractivity contribution in [2.75, 3.05) is 13.2 Å². The molecule has 4 nitrogen and oxygen atoms in total. The van der Waals surface area contributed by atoms with Gasteiger partial charge in [-0.1, -0.05) is 25.2 Å². The molecule has 1 saturated heterocycles. The molecule has 1 fully saturated rings. The van der Waals surface area contributed by atoms with Crippen molar-refractivity contribution in [3.63, 3.8) is 0 Å². The summed E-state index contributed by atoms with van der Waals surface area (Å²) in [5, 5.41) is 14.0. The minimum Gasteiger partial charge on any atom is -0.381 e. The second-order valence-corrected chi connectivity index (χ2v) is 5.22. The van der Waals surface area contributed by atoms with Crippen molar-refractivity contribution in [2.45, 2.75) is 38.8 Å². The molecule has 0 radical (unpaired) electrons. The molecule has 0 spiro atoms. The third-order valence-corrected chi connectivity index (χ3v) is 3.51. The summed E-state index contributed by atoms with van der Waals surface area (Å²) in [4.78, 5) is 0. The largest absolute Gasteiger partial charge is 0.381 e. The Morgan fingerprint density at radius 3 is 3.07 bits per heavy atom. The van der Waals surface area contributed by atoms with E-state index >= 15 is 0 Å². The van der Waals surface area contributed by atoms with Crippen LogP contribution in [0.3, 0.4) is 0 Å². The van der Waals surface area contributed by atoms with Gasteiger partial charge in [0.15, 0.2) is 0 Å². The molecule has 0 bridgehead atoms. The summed E-state index contributed by atoms with van der Waals surface area (Å²) in [6.07, 6.45) is 1.09. The van der Waals surface area contributed by atoms with E-state index in [1.54, 1.807) is 11.3 Å². The minimum atomic E-state index is 0.482. The van der Waals surface area contributed by atoms with Crippen molar-refractivity contribution in [1.82, 2.24) is 15.5 Å². The van der Waals surface area contributed by atoms with Gasteiger partial charge >= 0.3 is 0 Å². The second kappa shape index (κ2) is 5.01. The summed E-state index contributed by atoms with van der Waals surface area (Å²) >= 11 is 1.71. The molecule has 1 unspecified atom stereocenters. The van der Waals surface area contributed by atoms with E-state index < -0.39 is 0 Å². The van der Waals surface area contributed by atoms with Crippen LogP contribution in [-0.4, -0.2) is 29.5 Å². The first-order valence-electron chi connectivity index (χ1n) is 5.39. The van der Waals surface area contributed by atoms with Gasteiger partial charge in [0.25, 0.3) is 0 Å². The predicted octanol–water partition coefficient (Wildman–Crippen LogP) is 1.54. The first kappa shape index (κ1) is 11.0. The monoisotopic (exact) mass is 227 g/mol. The van der Waals surface area contributed by atoms with E-state index in [-0.39, 0.29) is 0 Å². The Kier molecular flexibility index (Phi) is 3.66. The molecule has 1 atom stereocenters. The predicted molar refractivity (Wildman–Crippen MR) is 60.1 cm³/mol. The number of hydrogen-bond acceptors (Lipinski definition) is 5. The fourth-order valence-corrected chi connectivity index (χ4v) is 2.44. The van der Waals surface area contributed by atoms with E-state index in [2.05, 4.69) is 29.4 Å². The van der Waals surface area contributed by atoms with Crippen LogP contribution >= 0.6 is 11.3 Å². The maximum Gasteiger partial charge on any atom is 0.131 e. The normalized spacial score (nSPS) is 21.4. The molecular formula is C10H17N3OS. The quantitative estimate of drug-likeness (QED) is 0.847. The Balaban J connectivity index is 1.91. The van der Waals surface area contributed by atoms with Crippen LogP contribution in [-0.2, 0) is 11.3 Å². The van der Waals surface area contributed by atoms with Gasteiger partial charge in [0.2, 0.25) is 0 Å². The van der Waals surface area contributed by atoms with Crippen LogP contribution < -0.4 is 5.32 Å². The molecule has 15 heavy (non-hydrogen) atoms. The number of nitrogens with one attached hydrogen (secondary N) is 1. The summed E-state index contributed by atoms with van der Waals surface area (Å²) in [5.74, 6) is 0.482. The molecule has 84 valence electrons. The maximum absolute atomic E-state index is 5.34. The molecule has 5 heteroatoms. The van der Waals surface area contributed by atoms with Crippen LogP contribution in [0.25, 0.3) is 0 Å². The summed E-state index contributed by atoms with van der Waals surface area (Å²) < 4.78 is 5.34. The van der Waals surface area contributed by atoms with Crippen molar-refractivity contribution in [3.05, 3.63) is 10.0 Å². The lowest BCUT2D eigenvalue weighted by molar-refractivity contribution is 0.194. The van der Waals surface area contributed by atoms with E-state index in [9.17, 15) is 0 Å². The zero-order valence-corrected chi connectivity index (χ0v) is 10.0. The summed E-state index contributed by atoms with van der Waals surface area (Å²) in [6.45, 7) is 6.76. The van der Waals surface area contributed by atoms with Gasteiger partial charge in [-0.25, -0.2) is 0 Å². The third kappa shape index (κ3) is 2.96. The number of ether oxygens (including phenoxy) is 1. The molecule has 1 aromatic rings. The van der Waals surface area contributed by atoms with Gasteiger partial charge in [-0.15, -0.1) is 10.2 Å². The lowest BCUT2D eigenvalue weighted by Gasteiger charge is -2.04. The van der Waals surface area contributed by atoms with E-state index in [1.165, 1.54) is 0 Å². The molecule has 1 aliphatic heterocycles. The van der Waals surface area contributed by atoms with Gasteiger partial charge in [0.05, 0.1) is 6.61 Å². The molecule has 0 aromatic carbocycles. The van der Waals surface area contributed by atoms with Crippen LogP contribution in [0.5, 0.6) is 0 Å². The van der Waals surface area contributed by atoms with Gasteiger partial charge in [-0.05, 0) is 6.42 Å².